The first-order valence-electron chi connectivity index (χ1n) is 6.66. The summed E-state index contributed by atoms with van der Waals surface area (Å²) in [6, 6.07) is 3.72. The van der Waals surface area contributed by atoms with E-state index in [1.165, 1.54) is 0 Å². The average Bonchev–Trinajstić information content (AvgIpc) is 2.83. The molecule has 0 aliphatic heterocycles. The minimum absolute atomic E-state index is 0.405. The molecule has 2 heterocycles. The fourth-order valence-corrected chi connectivity index (χ4v) is 1.96. The summed E-state index contributed by atoms with van der Waals surface area (Å²) >= 11 is 0. The van der Waals surface area contributed by atoms with Crippen LogP contribution in [0.3, 0.4) is 0 Å². The maximum atomic E-state index is 10.3. The topological polar surface area (TPSA) is 63.8 Å². The summed E-state index contributed by atoms with van der Waals surface area (Å²) in [7, 11) is 0. The summed E-state index contributed by atoms with van der Waals surface area (Å²) < 4.78 is 1.72. The molecule has 0 amide bonds. The Bertz CT molecular complexity index is 521. The highest BCUT2D eigenvalue weighted by Crippen LogP contribution is 2.22. The summed E-state index contributed by atoms with van der Waals surface area (Å²) in [6.45, 7) is 6.17. The molecule has 1 N–H and O–H groups in total. The van der Waals surface area contributed by atoms with Gasteiger partial charge in [-0.05, 0) is 24.5 Å². The molecular formula is C14H20N4O. The lowest BCUT2D eigenvalue weighted by Gasteiger charge is -2.13. The predicted octanol–water partition coefficient (Wildman–Crippen LogP) is 2.30. The van der Waals surface area contributed by atoms with E-state index in [1.807, 2.05) is 19.1 Å². The SMILES string of the molecule is CCc1nc([C@@H](O)CC(C)C)n(-c2ccncc2)n1. The van der Waals surface area contributed by atoms with E-state index in [4.69, 9.17) is 0 Å². The number of rotatable bonds is 5. The van der Waals surface area contributed by atoms with E-state index in [1.54, 1.807) is 17.1 Å². The molecule has 0 spiro atoms. The minimum Gasteiger partial charge on any atom is -0.385 e. The van der Waals surface area contributed by atoms with Gasteiger partial charge in [-0.25, -0.2) is 9.67 Å². The number of pyridine rings is 1. The van der Waals surface area contributed by atoms with Crippen molar-refractivity contribution in [3.05, 3.63) is 36.2 Å². The molecule has 102 valence electrons. The number of hydrogen-bond donors (Lipinski definition) is 1. The monoisotopic (exact) mass is 260 g/mol. The maximum Gasteiger partial charge on any atom is 0.161 e. The number of aliphatic hydroxyl groups excluding tert-OH is 1. The second-order valence-corrected chi connectivity index (χ2v) is 5.00. The molecule has 5 nitrogen and oxygen atoms in total. The lowest BCUT2D eigenvalue weighted by molar-refractivity contribution is 0.139. The van der Waals surface area contributed by atoms with Crippen LogP contribution in [0.5, 0.6) is 0 Å². The van der Waals surface area contributed by atoms with Crippen molar-refractivity contribution in [2.75, 3.05) is 0 Å². The zero-order valence-corrected chi connectivity index (χ0v) is 11.6. The predicted molar refractivity (Wildman–Crippen MR) is 72.9 cm³/mol. The Kier molecular flexibility index (Phi) is 4.27. The van der Waals surface area contributed by atoms with Crippen molar-refractivity contribution in [3.8, 4) is 5.69 Å². The van der Waals surface area contributed by atoms with E-state index < -0.39 is 6.10 Å². The molecule has 0 aliphatic rings. The largest absolute Gasteiger partial charge is 0.385 e. The summed E-state index contributed by atoms with van der Waals surface area (Å²) in [5.41, 5.74) is 0.875. The number of aryl methyl sites for hydroxylation is 1. The van der Waals surface area contributed by atoms with Gasteiger partial charge < -0.3 is 5.11 Å². The van der Waals surface area contributed by atoms with Crippen LogP contribution in [0.4, 0.5) is 0 Å². The fraction of sp³-hybridized carbons (Fsp3) is 0.500. The fourth-order valence-electron chi connectivity index (χ4n) is 1.96. The molecule has 0 aromatic carbocycles. The van der Waals surface area contributed by atoms with Crippen LogP contribution < -0.4 is 0 Å². The van der Waals surface area contributed by atoms with Crippen molar-refractivity contribution in [3.63, 3.8) is 0 Å². The molecule has 0 saturated carbocycles. The molecule has 0 fully saturated rings. The molecule has 0 radical (unpaired) electrons. The van der Waals surface area contributed by atoms with Gasteiger partial charge in [0.25, 0.3) is 0 Å². The summed E-state index contributed by atoms with van der Waals surface area (Å²) in [4.78, 5) is 8.44. The van der Waals surface area contributed by atoms with Crippen LogP contribution in [-0.2, 0) is 6.42 Å². The van der Waals surface area contributed by atoms with Crippen LogP contribution in [-0.4, -0.2) is 24.9 Å². The second-order valence-electron chi connectivity index (χ2n) is 5.00. The molecule has 2 rings (SSSR count). The van der Waals surface area contributed by atoms with E-state index in [0.717, 1.165) is 17.9 Å². The van der Waals surface area contributed by atoms with Gasteiger partial charge in [0.1, 0.15) is 6.10 Å². The van der Waals surface area contributed by atoms with E-state index >= 15 is 0 Å². The van der Waals surface area contributed by atoms with Crippen LogP contribution in [0.1, 0.15) is 44.9 Å². The van der Waals surface area contributed by atoms with Crippen molar-refractivity contribution >= 4 is 0 Å². The number of aromatic nitrogens is 4. The quantitative estimate of drug-likeness (QED) is 0.896. The third kappa shape index (κ3) is 3.17. The van der Waals surface area contributed by atoms with Gasteiger partial charge in [-0.15, -0.1) is 0 Å². The van der Waals surface area contributed by atoms with Crippen molar-refractivity contribution in [2.45, 2.75) is 39.7 Å². The van der Waals surface area contributed by atoms with Crippen molar-refractivity contribution in [1.82, 2.24) is 19.7 Å². The third-order valence-corrected chi connectivity index (χ3v) is 2.89. The van der Waals surface area contributed by atoms with Crippen LogP contribution in [0.25, 0.3) is 5.69 Å². The Morgan fingerprint density at radius 1 is 1.26 bits per heavy atom. The molecule has 19 heavy (non-hydrogen) atoms. The first-order chi connectivity index (χ1) is 9.11. The molecule has 0 saturated heterocycles. The highest BCUT2D eigenvalue weighted by molar-refractivity contribution is 5.29. The van der Waals surface area contributed by atoms with Gasteiger partial charge in [0.05, 0.1) is 5.69 Å². The smallest absolute Gasteiger partial charge is 0.161 e. The van der Waals surface area contributed by atoms with Crippen molar-refractivity contribution in [1.29, 1.82) is 0 Å². The summed E-state index contributed by atoms with van der Waals surface area (Å²) in [6.07, 6.45) is 4.25. The van der Waals surface area contributed by atoms with Gasteiger partial charge in [0.15, 0.2) is 11.6 Å². The average molecular weight is 260 g/mol. The van der Waals surface area contributed by atoms with E-state index in [-0.39, 0.29) is 0 Å². The van der Waals surface area contributed by atoms with Crippen molar-refractivity contribution in [2.24, 2.45) is 5.92 Å². The van der Waals surface area contributed by atoms with Crippen molar-refractivity contribution < 1.29 is 5.11 Å². The van der Waals surface area contributed by atoms with Gasteiger partial charge in [-0.1, -0.05) is 20.8 Å². The molecule has 2 aromatic rings. The lowest BCUT2D eigenvalue weighted by atomic mass is 10.1. The molecule has 1 atom stereocenters. The van der Waals surface area contributed by atoms with E-state index in [9.17, 15) is 5.11 Å². The zero-order chi connectivity index (χ0) is 13.8. The highest BCUT2D eigenvalue weighted by Gasteiger charge is 2.19. The van der Waals surface area contributed by atoms with Crippen LogP contribution in [0.15, 0.2) is 24.5 Å². The Balaban J connectivity index is 2.39. The normalized spacial score (nSPS) is 12.9. The minimum atomic E-state index is -0.596. The molecule has 0 aliphatic carbocycles. The van der Waals surface area contributed by atoms with Crippen LogP contribution >= 0.6 is 0 Å². The second kappa shape index (κ2) is 5.93. The van der Waals surface area contributed by atoms with Gasteiger partial charge >= 0.3 is 0 Å². The number of nitrogens with zero attached hydrogens (tertiary/aromatic N) is 4. The number of aliphatic hydroxyl groups is 1. The van der Waals surface area contributed by atoms with Crippen LogP contribution in [0.2, 0.25) is 0 Å². The summed E-state index contributed by atoms with van der Waals surface area (Å²) in [5.74, 6) is 1.76. The number of hydrogen-bond acceptors (Lipinski definition) is 4. The maximum absolute atomic E-state index is 10.3. The molecule has 0 unspecified atom stereocenters. The van der Waals surface area contributed by atoms with Gasteiger partial charge in [0.2, 0.25) is 0 Å². The Labute approximate surface area is 113 Å². The van der Waals surface area contributed by atoms with Gasteiger partial charge in [-0.2, -0.15) is 5.10 Å². The Morgan fingerprint density at radius 2 is 1.95 bits per heavy atom. The highest BCUT2D eigenvalue weighted by atomic mass is 16.3. The molecule has 2 aromatic heterocycles. The lowest BCUT2D eigenvalue weighted by Crippen LogP contribution is -2.10. The molecular weight excluding hydrogens is 240 g/mol. The van der Waals surface area contributed by atoms with Gasteiger partial charge in [0, 0.05) is 18.8 Å². The van der Waals surface area contributed by atoms with E-state index in [0.29, 0.717) is 18.2 Å². The van der Waals surface area contributed by atoms with E-state index in [2.05, 4.69) is 28.9 Å². The third-order valence-electron chi connectivity index (χ3n) is 2.89. The Hall–Kier alpha value is -1.75. The summed E-state index contributed by atoms with van der Waals surface area (Å²) in [5, 5.41) is 14.7. The standard InChI is InChI=1S/C14H20N4O/c1-4-13-16-14(12(19)9-10(2)3)18(17-13)11-5-7-15-8-6-11/h5-8,10,12,19H,4,9H2,1-3H3/t12-/m0/s1. The zero-order valence-electron chi connectivity index (χ0n) is 11.6. The first-order valence-corrected chi connectivity index (χ1v) is 6.66. The molecule has 5 heteroatoms. The first kappa shape index (κ1) is 13.7. The molecule has 0 bridgehead atoms. The van der Waals surface area contributed by atoms with Crippen LogP contribution in [0, 0.1) is 5.92 Å². The Morgan fingerprint density at radius 3 is 2.53 bits per heavy atom. The van der Waals surface area contributed by atoms with Gasteiger partial charge in [-0.3, -0.25) is 4.98 Å².